The average molecular weight is 308 g/mol. The van der Waals surface area contributed by atoms with Crippen LogP contribution in [0.3, 0.4) is 0 Å². The first-order valence-electron chi connectivity index (χ1n) is 7.70. The Morgan fingerprint density at radius 1 is 1.14 bits per heavy atom. The van der Waals surface area contributed by atoms with E-state index in [1.165, 1.54) is 0 Å². The first-order chi connectivity index (χ1) is 10.3. The molecule has 2 rings (SSSR count). The largest absolute Gasteiger partial charge is 0.491 e. The van der Waals surface area contributed by atoms with Gasteiger partial charge < -0.3 is 19.0 Å². The first-order valence-corrected chi connectivity index (χ1v) is 8.10. The predicted molar refractivity (Wildman–Crippen MR) is 88.6 cm³/mol. The molecule has 0 saturated heterocycles. The van der Waals surface area contributed by atoms with E-state index in [1.807, 2.05) is 12.1 Å². The van der Waals surface area contributed by atoms with Crippen molar-refractivity contribution < 1.29 is 9.47 Å². The third-order valence-electron chi connectivity index (χ3n) is 3.25. The molecule has 1 N–H and O–H groups in total. The molecule has 0 fully saturated rings. The summed E-state index contributed by atoms with van der Waals surface area (Å²) in [5.74, 6) is 0.876. The van der Waals surface area contributed by atoms with Gasteiger partial charge in [-0.05, 0) is 43.6 Å². The second-order valence-electron chi connectivity index (χ2n) is 5.05. The van der Waals surface area contributed by atoms with Gasteiger partial charge in [-0.1, -0.05) is 19.9 Å². The maximum absolute atomic E-state index is 5.78. The van der Waals surface area contributed by atoms with Crippen molar-refractivity contribution in [1.29, 1.82) is 0 Å². The Morgan fingerprint density at radius 3 is 2.71 bits per heavy atom. The fraction of sp³-hybridized carbons (Fsp3) is 0.562. The minimum Gasteiger partial charge on any atom is -0.491 e. The maximum atomic E-state index is 5.78. The normalized spacial score (nSPS) is 11.1. The molecule has 4 nitrogen and oxygen atoms in total. The Balaban J connectivity index is 2.13. The van der Waals surface area contributed by atoms with Crippen LogP contribution in [-0.4, -0.2) is 29.4 Å². The van der Waals surface area contributed by atoms with Crippen molar-refractivity contribution in [2.24, 2.45) is 0 Å². The topological polar surface area (TPSA) is 39.2 Å². The van der Waals surface area contributed by atoms with Crippen LogP contribution in [0.5, 0.6) is 5.75 Å². The number of ether oxygens (including phenoxy) is 2. The van der Waals surface area contributed by atoms with E-state index in [4.69, 9.17) is 21.7 Å². The molecule has 0 atom stereocenters. The summed E-state index contributed by atoms with van der Waals surface area (Å²) in [6, 6.07) is 6.07. The molecule has 0 aliphatic carbocycles. The Hall–Kier alpha value is -1.33. The molecule has 1 aromatic carbocycles. The second-order valence-corrected chi connectivity index (χ2v) is 5.43. The number of H-pyrrole nitrogens is 1. The van der Waals surface area contributed by atoms with Crippen molar-refractivity contribution in [3.05, 3.63) is 23.0 Å². The van der Waals surface area contributed by atoms with Crippen molar-refractivity contribution in [2.45, 2.75) is 39.7 Å². The molecule has 0 spiro atoms. The molecule has 0 amide bonds. The number of nitrogens with zero attached hydrogens (tertiary/aromatic N) is 1. The summed E-state index contributed by atoms with van der Waals surface area (Å²) >= 11 is 5.44. The molecule has 116 valence electrons. The zero-order valence-electron chi connectivity index (χ0n) is 12.9. The third kappa shape index (κ3) is 4.08. The van der Waals surface area contributed by atoms with Gasteiger partial charge in [0.25, 0.3) is 0 Å². The smallest absolute Gasteiger partial charge is 0.178 e. The van der Waals surface area contributed by atoms with Crippen molar-refractivity contribution in [3.8, 4) is 5.75 Å². The van der Waals surface area contributed by atoms with Crippen LogP contribution in [0, 0.1) is 4.77 Å². The van der Waals surface area contributed by atoms with Crippen LogP contribution in [0.15, 0.2) is 18.2 Å². The standard InChI is InChI=1S/C16H24N2O2S/c1-3-10-19-12-6-9-18-13-7-5-8-14(20-11-4-2)15(13)17-16(18)21/h5,7-8H,3-4,6,9-12H2,1-2H3,(H,17,21). The lowest BCUT2D eigenvalue weighted by Gasteiger charge is -2.07. The summed E-state index contributed by atoms with van der Waals surface area (Å²) in [5.41, 5.74) is 2.09. The molecular weight excluding hydrogens is 284 g/mol. The van der Waals surface area contributed by atoms with Crippen LogP contribution in [0.2, 0.25) is 0 Å². The minimum absolute atomic E-state index is 0.718. The number of aromatic nitrogens is 2. The number of hydrogen-bond donors (Lipinski definition) is 1. The minimum atomic E-state index is 0.718. The molecule has 0 unspecified atom stereocenters. The van der Waals surface area contributed by atoms with Gasteiger partial charge in [0.2, 0.25) is 0 Å². The highest BCUT2D eigenvalue weighted by molar-refractivity contribution is 7.71. The van der Waals surface area contributed by atoms with Crippen molar-refractivity contribution in [2.75, 3.05) is 19.8 Å². The quantitative estimate of drug-likeness (QED) is 0.554. The SMILES string of the molecule is CCCOCCCn1c(=S)[nH]c2c(OCCC)cccc21. The number of aryl methyl sites for hydroxylation is 1. The highest BCUT2D eigenvalue weighted by atomic mass is 32.1. The van der Waals surface area contributed by atoms with Gasteiger partial charge >= 0.3 is 0 Å². The van der Waals surface area contributed by atoms with Gasteiger partial charge in [-0.2, -0.15) is 0 Å². The maximum Gasteiger partial charge on any atom is 0.178 e. The molecular formula is C16H24N2O2S. The zero-order valence-corrected chi connectivity index (χ0v) is 13.7. The molecule has 5 heteroatoms. The first kappa shape index (κ1) is 16.0. The van der Waals surface area contributed by atoms with Crippen molar-refractivity contribution in [1.82, 2.24) is 9.55 Å². The van der Waals surface area contributed by atoms with Crippen molar-refractivity contribution in [3.63, 3.8) is 0 Å². The molecule has 0 aliphatic heterocycles. The van der Waals surface area contributed by atoms with Crippen LogP contribution < -0.4 is 4.74 Å². The molecule has 0 saturated carbocycles. The van der Waals surface area contributed by atoms with Crippen molar-refractivity contribution >= 4 is 23.3 Å². The monoisotopic (exact) mass is 308 g/mol. The average Bonchev–Trinajstić information content (AvgIpc) is 2.81. The van der Waals surface area contributed by atoms with E-state index in [1.54, 1.807) is 0 Å². The van der Waals surface area contributed by atoms with Crippen LogP contribution in [0.1, 0.15) is 33.1 Å². The number of nitrogens with one attached hydrogen (secondary N) is 1. The van der Waals surface area contributed by atoms with Crippen LogP contribution in [-0.2, 0) is 11.3 Å². The number of rotatable bonds is 9. The van der Waals surface area contributed by atoms with Gasteiger partial charge in [-0.15, -0.1) is 0 Å². The van der Waals surface area contributed by atoms with Gasteiger partial charge in [0.05, 0.1) is 12.1 Å². The Morgan fingerprint density at radius 2 is 1.95 bits per heavy atom. The molecule has 21 heavy (non-hydrogen) atoms. The van der Waals surface area contributed by atoms with E-state index in [-0.39, 0.29) is 0 Å². The number of para-hydroxylation sites is 1. The Bertz CT molecular complexity index is 618. The number of benzene rings is 1. The summed E-state index contributed by atoms with van der Waals surface area (Å²) in [7, 11) is 0. The number of imidazole rings is 1. The van der Waals surface area contributed by atoms with Crippen LogP contribution >= 0.6 is 12.2 Å². The molecule has 0 radical (unpaired) electrons. The lowest BCUT2D eigenvalue weighted by molar-refractivity contribution is 0.129. The van der Waals surface area contributed by atoms with E-state index in [9.17, 15) is 0 Å². The highest BCUT2D eigenvalue weighted by Crippen LogP contribution is 2.25. The highest BCUT2D eigenvalue weighted by Gasteiger charge is 2.08. The van der Waals surface area contributed by atoms with E-state index in [0.29, 0.717) is 0 Å². The number of aromatic amines is 1. The number of hydrogen-bond acceptors (Lipinski definition) is 3. The molecule has 2 aromatic rings. The Kier molecular flexibility index (Phi) is 6.26. The fourth-order valence-electron chi connectivity index (χ4n) is 2.28. The molecule has 1 heterocycles. The summed E-state index contributed by atoms with van der Waals surface area (Å²) in [5, 5.41) is 0. The van der Waals surface area contributed by atoms with E-state index in [0.717, 1.165) is 67.2 Å². The van der Waals surface area contributed by atoms with Gasteiger partial charge in [0.15, 0.2) is 4.77 Å². The van der Waals surface area contributed by atoms with Gasteiger partial charge in [-0.3, -0.25) is 0 Å². The summed E-state index contributed by atoms with van der Waals surface area (Å²) in [6.45, 7) is 7.40. The lowest BCUT2D eigenvalue weighted by atomic mass is 10.3. The van der Waals surface area contributed by atoms with Crippen LogP contribution in [0.25, 0.3) is 11.0 Å². The lowest BCUT2D eigenvalue weighted by Crippen LogP contribution is -2.03. The van der Waals surface area contributed by atoms with E-state index < -0.39 is 0 Å². The second kappa shape index (κ2) is 8.20. The summed E-state index contributed by atoms with van der Waals surface area (Å²) in [6.07, 6.45) is 3.01. The predicted octanol–water partition coefficient (Wildman–Crippen LogP) is 4.30. The van der Waals surface area contributed by atoms with Crippen LogP contribution in [0.4, 0.5) is 0 Å². The zero-order chi connectivity index (χ0) is 15.1. The van der Waals surface area contributed by atoms with Gasteiger partial charge in [0, 0.05) is 19.8 Å². The van der Waals surface area contributed by atoms with Gasteiger partial charge in [0.1, 0.15) is 11.3 Å². The summed E-state index contributed by atoms with van der Waals surface area (Å²) in [4.78, 5) is 3.27. The molecule has 1 aromatic heterocycles. The third-order valence-corrected chi connectivity index (χ3v) is 3.58. The Labute approximate surface area is 131 Å². The van der Waals surface area contributed by atoms with E-state index >= 15 is 0 Å². The fourth-order valence-corrected chi connectivity index (χ4v) is 2.57. The van der Waals surface area contributed by atoms with E-state index in [2.05, 4.69) is 29.5 Å². The summed E-state index contributed by atoms with van der Waals surface area (Å²) < 4.78 is 14.2. The van der Waals surface area contributed by atoms with Gasteiger partial charge in [-0.25, -0.2) is 0 Å². The molecule has 0 bridgehead atoms. The number of fused-ring (bicyclic) bond motifs is 1. The molecule has 0 aliphatic rings.